The van der Waals surface area contributed by atoms with E-state index in [0.29, 0.717) is 5.69 Å². The number of hydrogen-bond donors (Lipinski definition) is 4. The molecule has 5 N–H and O–H groups in total. The zero-order chi connectivity index (χ0) is 14.4. The molecule has 3 amide bonds. The second-order valence-corrected chi connectivity index (χ2v) is 4.47. The van der Waals surface area contributed by atoms with Crippen molar-refractivity contribution >= 4 is 17.6 Å². The number of anilines is 1. The molecule has 2 unspecified atom stereocenters. The summed E-state index contributed by atoms with van der Waals surface area (Å²) in [4.78, 5) is 22.3. The van der Waals surface area contributed by atoms with Gasteiger partial charge in [-0.3, -0.25) is 4.79 Å². The predicted molar refractivity (Wildman–Crippen MR) is 72.5 cm³/mol. The molecule has 0 radical (unpaired) electrons. The van der Waals surface area contributed by atoms with Gasteiger partial charge in [0.15, 0.2) is 0 Å². The van der Waals surface area contributed by atoms with Crippen molar-refractivity contribution in [1.82, 2.24) is 5.32 Å². The van der Waals surface area contributed by atoms with Crippen LogP contribution in [0.15, 0.2) is 24.3 Å². The summed E-state index contributed by atoms with van der Waals surface area (Å²) in [7, 11) is 0. The van der Waals surface area contributed by atoms with Crippen molar-refractivity contribution in [2.45, 2.75) is 32.4 Å². The van der Waals surface area contributed by atoms with Gasteiger partial charge in [0, 0.05) is 18.2 Å². The number of benzene rings is 1. The van der Waals surface area contributed by atoms with Gasteiger partial charge in [-0.25, -0.2) is 4.79 Å². The summed E-state index contributed by atoms with van der Waals surface area (Å²) >= 11 is 0. The Balaban J connectivity index is 2.50. The monoisotopic (exact) mass is 265 g/mol. The van der Waals surface area contributed by atoms with Gasteiger partial charge in [-0.2, -0.15) is 0 Å². The molecule has 6 nitrogen and oxygen atoms in total. The Hall–Kier alpha value is -2.08. The second-order valence-electron chi connectivity index (χ2n) is 4.47. The van der Waals surface area contributed by atoms with Crippen LogP contribution in [0.25, 0.3) is 0 Å². The molecule has 0 spiro atoms. The van der Waals surface area contributed by atoms with Gasteiger partial charge in [0.05, 0.1) is 6.10 Å². The van der Waals surface area contributed by atoms with Crippen LogP contribution in [0.5, 0.6) is 0 Å². The van der Waals surface area contributed by atoms with Gasteiger partial charge in [0.2, 0.25) is 5.91 Å². The number of carbonyl (C=O) groups is 2. The molecule has 0 heterocycles. The number of nitrogens with two attached hydrogens (primary N) is 1. The lowest BCUT2D eigenvalue weighted by Crippen LogP contribution is -2.38. The van der Waals surface area contributed by atoms with Gasteiger partial charge in [0.1, 0.15) is 0 Å². The minimum absolute atomic E-state index is 0.0917. The number of urea groups is 1. The van der Waals surface area contributed by atoms with Crippen LogP contribution in [0.3, 0.4) is 0 Å². The van der Waals surface area contributed by atoms with Crippen molar-refractivity contribution in [3.8, 4) is 0 Å². The summed E-state index contributed by atoms with van der Waals surface area (Å²) in [5, 5.41) is 14.6. The van der Waals surface area contributed by atoms with Crippen molar-refractivity contribution < 1.29 is 14.7 Å². The Morgan fingerprint density at radius 2 is 1.84 bits per heavy atom. The predicted octanol–water partition coefficient (Wildman–Crippen LogP) is 1.13. The maximum Gasteiger partial charge on any atom is 0.319 e. The van der Waals surface area contributed by atoms with Gasteiger partial charge in [0.25, 0.3) is 0 Å². The van der Waals surface area contributed by atoms with Crippen molar-refractivity contribution in [1.29, 1.82) is 0 Å². The highest BCUT2D eigenvalue weighted by Gasteiger charge is 2.10. The highest BCUT2D eigenvalue weighted by molar-refractivity contribution is 5.89. The average molecular weight is 265 g/mol. The lowest BCUT2D eigenvalue weighted by Gasteiger charge is -2.13. The van der Waals surface area contributed by atoms with Crippen LogP contribution in [0.2, 0.25) is 0 Å². The van der Waals surface area contributed by atoms with E-state index in [1.54, 1.807) is 38.1 Å². The first-order chi connectivity index (χ1) is 8.88. The molecule has 0 aliphatic carbocycles. The summed E-state index contributed by atoms with van der Waals surface area (Å²) < 4.78 is 0. The van der Waals surface area contributed by atoms with Gasteiger partial charge in [-0.15, -0.1) is 0 Å². The zero-order valence-electron chi connectivity index (χ0n) is 11.0. The second kappa shape index (κ2) is 6.75. The molecule has 2 atom stereocenters. The van der Waals surface area contributed by atoms with Crippen molar-refractivity contribution in [3.05, 3.63) is 29.8 Å². The third-order valence-electron chi connectivity index (χ3n) is 2.54. The largest absolute Gasteiger partial charge is 0.389 e. The van der Waals surface area contributed by atoms with Crippen LogP contribution < -0.4 is 16.4 Å². The van der Waals surface area contributed by atoms with Crippen LogP contribution in [0, 0.1) is 0 Å². The first-order valence-corrected chi connectivity index (χ1v) is 6.02. The van der Waals surface area contributed by atoms with E-state index in [2.05, 4.69) is 10.6 Å². The Morgan fingerprint density at radius 1 is 1.26 bits per heavy atom. The lowest BCUT2D eigenvalue weighted by atomic mass is 10.1. The van der Waals surface area contributed by atoms with Crippen LogP contribution in [-0.4, -0.2) is 23.1 Å². The van der Waals surface area contributed by atoms with E-state index in [-0.39, 0.29) is 12.5 Å². The van der Waals surface area contributed by atoms with E-state index in [1.807, 2.05) is 0 Å². The third kappa shape index (κ3) is 5.39. The quantitative estimate of drug-likeness (QED) is 0.641. The van der Waals surface area contributed by atoms with Crippen LogP contribution in [0.4, 0.5) is 10.5 Å². The number of amides is 3. The molecule has 0 bridgehead atoms. The molecule has 1 aromatic rings. The fourth-order valence-corrected chi connectivity index (χ4v) is 1.59. The lowest BCUT2D eigenvalue weighted by molar-refractivity contribution is -0.118. The van der Waals surface area contributed by atoms with Crippen molar-refractivity contribution in [2.24, 2.45) is 5.73 Å². The average Bonchev–Trinajstić information content (AvgIpc) is 2.27. The molecular formula is C13H19N3O3. The minimum atomic E-state index is -0.543. The van der Waals surface area contributed by atoms with E-state index in [4.69, 9.17) is 5.73 Å². The maximum atomic E-state index is 11.6. The molecule has 0 aliphatic heterocycles. The molecule has 0 fully saturated rings. The number of rotatable bonds is 5. The molecule has 6 heteroatoms. The zero-order valence-corrected chi connectivity index (χ0v) is 11.0. The maximum absolute atomic E-state index is 11.6. The number of carbonyl (C=O) groups excluding carboxylic acids is 2. The van der Waals surface area contributed by atoms with Crippen molar-refractivity contribution in [3.63, 3.8) is 0 Å². The summed E-state index contributed by atoms with van der Waals surface area (Å²) in [6, 6.07) is 6.12. The molecule has 1 aromatic carbocycles. The number of aliphatic hydroxyl groups is 1. The molecule has 1 rings (SSSR count). The smallest absolute Gasteiger partial charge is 0.319 e. The number of hydrogen-bond acceptors (Lipinski definition) is 3. The van der Waals surface area contributed by atoms with Crippen LogP contribution >= 0.6 is 0 Å². The fraction of sp³-hybridized carbons (Fsp3) is 0.385. The summed E-state index contributed by atoms with van der Waals surface area (Å²) in [5.41, 5.74) is 6.41. The van der Waals surface area contributed by atoms with Gasteiger partial charge in [-0.05, 0) is 31.5 Å². The first-order valence-electron chi connectivity index (χ1n) is 6.02. The Bertz CT molecular complexity index is 443. The summed E-state index contributed by atoms with van der Waals surface area (Å²) in [6.45, 7) is 3.36. The molecule has 0 saturated heterocycles. The number of nitrogens with one attached hydrogen (secondary N) is 2. The van der Waals surface area contributed by atoms with E-state index in [9.17, 15) is 14.7 Å². The van der Waals surface area contributed by atoms with Gasteiger partial charge < -0.3 is 21.5 Å². The Kier molecular flexibility index (Phi) is 5.32. The minimum Gasteiger partial charge on any atom is -0.389 e. The Morgan fingerprint density at radius 3 is 2.32 bits per heavy atom. The highest BCUT2D eigenvalue weighted by Crippen LogP contribution is 2.15. The van der Waals surface area contributed by atoms with Crippen molar-refractivity contribution in [2.75, 3.05) is 5.32 Å². The van der Waals surface area contributed by atoms with E-state index in [1.165, 1.54) is 0 Å². The Labute approximate surface area is 112 Å². The SMILES string of the molecule is CC(CC(N)=O)NC(=O)Nc1ccc(C(C)O)cc1. The number of primary amides is 1. The topological polar surface area (TPSA) is 104 Å². The molecule has 0 saturated carbocycles. The van der Waals surface area contributed by atoms with Gasteiger partial charge in [-0.1, -0.05) is 12.1 Å². The standard InChI is InChI=1S/C13H19N3O3/c1-8(7-12(14)18)15-13(19)16-11-5-3-10(4-6-11)9(2)17/h3-6,8-9,17H,7H2,1-2H3,(H2,14,18)(H2,15,16,19). The third-order valence-corrected chi connectivity index (χ3v) is 2.54. The van der Waals surface area contributed by atoms with Gasteiger partial charge >= 0.3 is 6.03 Å². The van der Waals surface area contributed by atoms with Crippen LogP contribution in [0.1, 0.15) is 31.9 Å². The van der Waals surface area contributed by atoms with E-state index in [0.717, 1.165) is 5.56 Å². The number of aliphatic hydroxyl groups excluding tert-OH is 1. The molecule has 0 aromatic heterocycles. The molecule has 19 heavy (non-hydrogen) atoms. The van der Waals surface area contributed by atoms with E-state index < -0.39 is 18.0 Å². The van der Waals surface area contributed by atoms with Crippen LogP contribution in [-0.2, 0) is 4.79 Å². The fourth-order valence-electron chi connectivity index (χ4n) is 1.59. The first kappa shape index (κ1) is 15.0. The molecule has 104 valence electrons. The highest BCUT2D eigenvalue weighted by atomic mass is 16.3. The summed E-state index contributed by atoms with van der Waals surface area (Å²) in [6.07, 6.45) is -0.451. The normalized spacial score (nSPS) is 13.4. The molecular weight excluding hydrogens is 246 g/mol. The van der Waals surface area contributed by atoms with E-state index >= 15 is 0 Å². The summed E-state index contributed by atoms with van der Waals surface area (Å²) in [5.74, 6) is -0.464. The molecule has 0 aliphatic rings.